The van der Waals surface area contributed by atoms with Gasteiger partial charge in [0, 0.05) is 6.92 Å². The predicted molar refractivity (Wildman–Crippen MR) is 65.4 cm³/mol. The molecule has 0 spiro atoms. The fraction of sp³-hybridized carbons (Fsp3) is 0.692. The van der Waals surface area contributed by atoms with Gasteiger partial charge >= 0.3 is 11.9 Å². The fourth-order valence-corrected chi connectivity index (χ4v) is 2.21. The maximum absolute atomic E-state index is 11.3. The van der Waals surface area contributed by atoms with Crippen molar-refractivity contribution in [2.75, 3.05) is 13.7 Å². The minimum atomic E-state index is -0.789. The summed E-state index contributed by atoms with van der Waals surface area (Å²) in [4.78, 5) is 22.2. The standard InChI is InChI=1S/C13H18O7/c1-7(14)17-6-9-12-11(19-13(2,3)20-12)8(18-9)5-10(15)16-4/h5,9,11-12H,6H2,1-4H3/b8-5-/t9-,11+,12-/m1/s1. The summed E-state index contributed by atoms with van der Waals surface area (Å²) in [5, 5.41) is 0. The van der Waals surface area contributed by atoms with E-state index in [1.54, 1.807) is 13.8 Å². The van der Waals surface area contributed by atoms with E-state index in [2.05, 4.69) is 4.74 Å². The van der Waals surface area contributed by atoms with Gasteiger partial charge in [-0.15, -0.1) is 0 Å². The van der Waals surface area contributed by atoms with E-state index < -0.39 is 36.0 Å². The van der Waals surface area contributed by atoms with Crippen LogP contribution in [0.4, 0.5) is 0 Å². The van der Waals surface area contributed by atoms with E-state index in [0.29, 0.717) is 5.76 Å². The average Bonchev–Trinajstić information content (AvgIpc) is 2.81. The molecule has 0 aliphatic carbocycles. The van der Waals surface area contributed by atoms with Gasteiger partial charge in [0.2, 0.25) is 0 Å². The fourth-order valence-electron chi connectivity index (χ4n) is 2.21. The lowest BCUT2D eigenvalue weighted by atomic mass is 10.1. The van der Waals surface area contributed by atoms with E-state index >= 15 is 0 Å². The van der Waals surface area contributed by atoms with Gasteiger partial charge in [-0.2, -0.15) is 0 Å². The molecule has 2 rings (SSSR count). The van der Waals surface area contributed by atoms with Crippen LogP contribution in [-0.4, -0.2) is 49.8 Å². The lowest BCUT2D eigenvalue weighted by Gasteiger charge is -2.22. The maximum Gasteiger partial charge on any atom is 0.333 e. The van der Waals surface area contributed by atoms with Gasteiger partial charge in [-0.1, -0.05) is 0 Å². The van der Waals surface area contributed by atoms with Crippen molar-refractivity contribution >= 4 is 11.9 Å². The van der Waals surface area contributed by atoms with Gasteiger partial charge < -0.3 is 23.7 Å². The van der Waals surface area contributed by atoms with E-state index in [9.17, 15) is 9.59 Å². The smallest absolute Gasteiger partial charge is 0.333 e. The van der Waals surface area contributed by atoms with Crippen LogP contribution in [-0.2, 0) is 33.3 Å². The Kier molecular flexibility index (Phi) is 4.01. The van der Waals surface area contributed by atoms with Crippen molar-refractivity contribution in [1.29, 1.82) is 0 Å². The van der Waals surface area contributed by atoms with Gasteiger partial charge in [0.05, 0.1) is 13.2 Å². The summed E-state index contributed by atoms with van der Waals surface area (Å²) in [5.41, 5.74) is 0. The van der Waals surface area contributed by atoms with Gasteiger partial charge in [-0.05, 0) is 13.8 Å². The molecule has 2 aliphatic rings. The number of rotatable bonds is 3. The van der Waals surface area contributed by atoms with Crippen LogP contribution in [0.1, 0.15) is 20.8 Å². The predicted octanol–water partition coefficient (Wildman–Crippen LogP) is 0.525. The van der Waals surface area contributed by atoms with Crippen LogP contribution >= 0.6 is 0 Å². The molecule has 2 saturated heterocycles. The highest BCUT2D eigenvalue weighted by atomic mass is 16.8. The number of ether oxygens (including phenoxy) is 5. The molecule has 0 aromatic carbocycles. The molecule has 0 aromatic rings. The number of carbonyl (C=O) groups is 2. The topological polar surface area (TPSA) is 80.3 Å². The third-order valence-corrected chi connectivity index (χ3v) is 2.98. The monoisotopic (exact) mass is 286 g/mol. The number of methoxy groups -OCH3 is 1. The summed E-state index contributed by atoms with van der Waals surface area (Å²) in [5.74, 6) is -1.42. The van der Waals surface area contributed by atoms with E-state index in [4.69, 9.17) is 18.9 Å². The van der Waals surface area contributed by atoms with Crippen LogP contribution in [0.2, 0.25) is 0 Å². The molecule has 0 amide bonds. The Balaban J connectivity index is 2.15. The second-order valence-corrected chi connectivity index (χ2v) is 5.05. The Bertz CT molecular complexity index is 440. The first-order chi connectivity index (χ1) is 9.32. The zero-order valence-corrected chi connectivity index (χ0v) is 11.9. The van der Waals surface area contributed by atoms with Crippen LogP contribution in [0, 0.1) is 0 Å². The van der Waals surface area contributed by atoms with E-state index in [1.807, 2.05) is 0 Å². The minimum absolute atomic E-state index is 0.0362. The number of hydrogen-bond donors (Lipinski definition) is 0. The van der Waals surface area contributed by atoms with Crippen molar-refractivity contribution in [3.05, 3.63) is 11.8 Å². The Morgan fingerprint density at radius 1 is 1.35 bits per heavy atom. The van der Waals surface area contributed by atoms with Crippen molar-refractivity contribution in [3.8, 4) is 0 Å². The molecule has 2 fully saturated rings. The molecule has 20 heavy (non-hydrogen) atoms. The van der Waals surface area contributed by atoms with Gasteiger partial charge in [0.25, 0.3) is 0 Å². The number of fused-ring (bicyclic) bond motifs is 1. The van der Waals surface area contributed by atoms with Crippen molar-refractivity contribution in [2.45, 2.75) is 44.9 Å². The molecule has 112 valence electrons. The highest BCUT2D eigenvalue weighted by Crippen LogP contribution is 2.40. The molecular formula is C13H18O7. The second-order valence-electron chi connectivity index (χ2n) is 5.05. The molecule has 0 aromatic heterocycles. The molecule has 0 radical (unpaired) electrons. The number of esters is 2. The molecular weight excluding hydrogens is 268 g/mol. The zero-order valence-electron chi connectivity index (χ0n) is 11.9. The van der Waals surface area contributed by atoms with Crippen molar-refractivity contribution in [3.63, 3.8) is 0 Å². The van der Waals surface area contributed by atoms with Crippen molar-refractivity contribution in [1.82, 2.24) is 0 Å². The third-order valence-electron chi connectivity index (χ3n) is 2.98. The minimum Gasteiger partial charge on any atom is -0.485 e. The van der Waals surface area contributed by atoms with Crippen LogP contribution in [0.25, 0.3) is 0 Å². The molecule has 0 saturated carbocycles. The molecule has 0 bridgehead atoms. The molecule has 2 heterocycles. The van der Waals surface area contributed by atoms with E-state index in [1.165, 1.54) is 20.1 Å². The number of hydrogen-bond acceptors (Lipinski definition) is 7. The summed E-state index contributed by atoms with van der Waals surface area (Å²) < 4.78 is 26.5. The van der Waals surface area contributed by atoms with Crippen LogP contribution in [0.15, 0.2) is 11.8 Å². The van der Waals surface area contributed by atoms with E-state index in [0.717, 1.165) is 0 Å². The summed E-state index contributed by atoms with van der Waals surface area (Å²) in [6, 6.07) is 0. The lowest BCUT2D eigenvalue weighted by molar-refractivity contribution is -0.173. The zero-order chi connectivity index (χ0) is 14.9. The largest absolute Gasteiger partial charge is 0.485 e. The van der Waals surface area contributed by atoms with Gasteiger partial charge in [-0.25, -0.2) is 4.79 Å². The van der Waals surface area contributed by atoms with Crippen LogP contribution in [0.3, 0.4) is 0 Å². The van der Waals surface area contributed by atoms with Gasteiger partial charge in [-0.3, -0.25) is 4.79 Å². The summed E-state index contributed by atoms with van der Waals surface area (Å²) >= 11 is 0. The molecule has 0 N–H and O–H groups in total. The highest BCUT2D eigenvalue weighted by Gasteiger charge is 2.54. The Morgan fingerprint density at radius 3 is 2.65 bits per heavy atom. The van der Waals surface area contributed by atoms with Gasteiger partial charge in [0.1, 0.15) is 24.6 Å². The second kappa shape index (κ2) is 5.41. The number of carbonyl (C=O) groups excluding carboxylic acids is 2. The summed E-state index contributed by atoms with van der Waals surface area (Å²) in [6.45, 7) is 4.88. The molecule has 7 heteroatoms. The maximum atomic E-state index is 11.3. The Morgan fingerprint density at radius 2 is 2.05 bits per heavy atom. The van der Waals surface area contributed by atoms with Gasteiger partial charge in [0.15, 0.2) is 11.9 Å². The Labute approximate surface area is 116 Å². The molecule has 2 aliphatic heterocycles. The van der Waals surface area contributed by atoms with Crippen molar-refractivity contribution in [2.24, 2.45) is 0 Å². The highest BCUT2D eigenvalue weighted by molar-refractivity contribution is 5.82. The van der Waals surface area contributed by atoms with Crippen LogP contribution < -0.4 is 0 Å². The molecule has 7 nitrogen and oxygen atoms in total. The first kappa shape index (κ1) is 14.8. The molecule has 3 atom stereocenters. The average molecular weight is 286 g/mol. The normalized spacial score (nSPS) is 32.6. The van der Waals surface area contributed by atoms with E-state index in [-0.39, 0.29) is 6.61 Å². The molecule has 0 unspecified atom stereocenters. The SMILES string of the molecule is COC(=O)/C=C1\O[C@H](COC(C)=O)[C@H]2OC(C)(C)O[C@@H]12. The third kappa shape index (κ3) is 3.10. The Hall–Kier alpha value is -1.60. The quantitative estimate of drug-likeness (QED) is 0.553. The lowest BCUT2D eigenvalue weighted by Crippen LogP contribution is -2.33. The van der Waals surface area contributed by atoms with Crippen LogP contribution in [0.5, 0.6) is 0 Å². The summed E-state index contributed by atoms with van der Waals surface area (Å²) in [6.07, 6.45) is -0.234. The summed E-state index contributed by atoms with van der Waals surface area (Å²) in [7, 11) is 1.28. The first-order valence-electron chi connectivity index (χ1n) is 6.27. The first-order valence-corrected chi connectivity index (χ1v) is 6.27. The van der Waals surface area contributed by atoms with Crippen molar-refractivity contribution < 1.29 is 33.3 Å².